The van der Waals surface area contributed by atoms with Gasteiger partial charge in [-0.25, -0.2) is 0 Å². The molecule has 0 aliphatic rings. The quantitative estimate of drug-likeness (QED) is 0.608. The molecule has 0 aliphatic carbocycles. The van der Waals surface area contributed by atoms with E-state index in [-0.39, 0.29) is 31.1 Å². The lowest BCUT2D eigenvalue weighted by Gasteiger charge is -2.02. The molecule has 0 aromatic carbocycles. The highest BCUT2D eigenvalue weighted by Crippen LogP contribution is 2.12. The summed E-state index contributed by atoms with van der Waals surface area (Å²) in [4.78, 5) is 34.1. The fraction of sp³-hybridized carbons (Fsp3) is 0.364. The van der Waals surface area contributed by atoms with Crippen LogP contribution in [-0.4, -0.2) is 31.3 Å². The van der Waals surface area contributed by atoms with E-state index >= 15 is 0 Å². The van der Waals surface area contributed by atoms with Gasteiger partial charge in [-0.05, 0) is 11.4 Å². The molecule has 17 heavy (non-hydrogen) atoms. The van der Waals surface area contributed by atoms with E-state index in [4.69, 9.17) is 0 Å². The van der Waals surface area contributed by atoms with Gasteiger partial charge in [0.25, 0.3) is 5.91 Å². The molecule has 0 saturated heterocycles. The van der Waals surface area contributed by atoms with Crippen LogP contribution in [0, 0.1) is 0 Å². The second kappa shape index (κ2) is 6.80. The van der Waals surface area contributed by atoms with Crippen LogP contribution in [0.2, 0.25) is 0 Å². The summed E-state index contributed by atoms with van der Waals surface area (Å²) in [5.74, 6) is -1.00. The smallest absolute Gasteiger partial charge is 0.306 e. The molecule has 1 heterocycles. The normalized spacial score (nSPS) is 9.71. The van der Waals surface area contributed by atoms with Gasteiger partial charge in [-0.2, -0.15) is 0 Å². The summed E-state index contributed by atoms with van der Waals surface area (Å²) in [7, 11) is 1.45. The van der Waals surface area contributed by atoms with Gasteiger partial charge in [-0.15, -0.1) is 11.3 Å². The van der Waals surface area contributed by atoms with Crippen molar-refractivity contribution in [2.24, 2.45) is 0 Å². The van der Waals surface area contributed by atoms with Gasteiger partial charge in [0.2, 0.25) is 0 Å². The first-order valence-corrected chi connectivity index (χ1v) is 5.94. The summed E-state index contributed by atoms with van der Waals surface area (Å²) >= 11 is 1.34. The van der Waals surface area contributed by atoms with Crippen LogP contribution >= 0.6 is 11.3 Å². The number of hydrogen-bond acceptors (Lipinski definition) is 5. The number of amides is 1. The minimum absolute atomic E-state index is 0.00622. The van der Waals surface area contributed by atoms with Crippen LogP contribution in [-0.2, 0) is 14.3 Å². The van der Waals surface area contributed by atoms with Crippen molar-refractivity contribution in [1.82, 2.24) is 5.32 Å². The van der Waals surface area contributed by atoms with E-state index in [1.165, 1.54) is 18.4 Å². The number of thiophene rings is 1. The Labute approximate surface area is 103 Å². The Morgan fingerprint density at radius 2 is 2.12 bits per heavy atom. The molecular weight excluding hydrogens is 242 g/mol. The first-order valence-electron chi connectivity index (χ1n) is 5.06. The Hall–Kier alpha value is -1.69. The maximum absolute atomic E-state index is 11.5. The first-order chi connectivity index (χ1) is 8.13. The maximum atomic E-state index is 11.5. The Morgan fingerprint density at radius 1 is 1.35 bits per heavy atom. The first kappa shape index (κ1) is 13.4. The molecule has 0 atom stereocenters. The van der Waals surface area contributed by atoms with Gasteiger partial charge >= 0.3 is 5.97 Å². The van der Waals surface area contributed by atoms with E-state index in [0.29, 0.717) is 4.88 Å². The minimum Gasteiger partial charge on any atom is -0.456 e. The van der Waals surface area contributed by atoms with Crippen LogP contribution in [0.1, 0.15) is 22.5 Å². The molecule has 0 unspecified atom stereocenters. The van der Waals surface area contributed by atoms with Crippen LogP contribution < -0.4 is 5.32 Å². The fourth-order valence-corrected chi connectivity index (χ4v) is 1.76. The monoisotopic (exact) mass is 255 g/mol. The van der Waals surface area contributed by atoms with E-state index in [1.807, 2.05) is 0 Å². The zero-order valence-electron chi connectivity index (χ0n) is 9.39. The van der Waals surface area contributed by atoms with Crippen molar-refractivity contribution in [3.05, 3.63) is 22.4 Å². The molecule has 92 valence electrons. The molecule has 1 N–H and O–H groups in total. The van der Waals surface area contributed by atoms with Crippen molar-refractivity contribution in [3.8, 4) is 0 Å². The third-order valence-corrected chi connectivity index (χ3v) is 2.91. The molecule has 1 rings (SSSR count). The summed E-state index contributed by atoms with van der Waals surface area (Å²) in [6.45, 7) is -0.303. The van der Waals surface area contributed by atoms with E-state index in [0.717, 1.165) is 0 Å². The molecule has 0 spiro atoms. The summed E-state index contributed by atoms with van der Waals surface area (Å²) in [5.41, 5.74) is 0. The zero-order chi connectivity index (χ0) is 12.7. The lowest BCUT2D eigenvalue weighted by molar-refractivity contribution is -0.148. The minimum atomic E-state index is -0.543. The third-order valence-electron chi connectivity index (χ3n) is 2.00. The molecule has 1 aromatic rings. The van der Waals surface area contributed by atoms with Crippen molar-refractivity contribution in [1.29, 1.82) is 0 Å². The highest BCUT2D eigenvalue weighted by atomic mass is 32.1. The largest absolute Gasteiger partial charge is 0.456 e. The third kappa shape index (κ3) is 4.78. The molecule has 5 nitrogen and oxygen atoms in total. The van der Waals surface area contributed by atoms with E-state index in [9.17, 15) is 14.4 Å². The SMILES string of the molecule is CNC(=O)COC(=O)CCC(=O)c1cccs1. The van der Waals surface area contributed by atoms with E-state index in [2.05, 4.69) is 10.1 Å². The predicted molar refractivity (Wildman–Crippen MR) is 62.9 cm³/mol. The standard InChI is InChI=1S/C11H13NO4S/c1-12-10(14)7-16-11(15)5-4-8(13)9-3-2-6-17-9/h2-3,6H,4-5,7H2,1H3,(H,12,14). The summed E-state index contributed by atoms with van der Waals surface area (Å²) in [5, 5.41) is 4.13. The lowest BCUT2D eigenvalue weighted by Crippen LogP contribution is -2.25. The molecule has 0 radical (unpaired) electrons. The number of esters is 1. The average Bonchev–Trinajstić information content (AvgIpc) is 2.86. The van der Waals surface area contributed by atoms with Gasteiger partial charge in [-0.3, -0.25) is 14.4 Å². The number of ether oxygens (including phenoxy) is 1. The van der Waals surface area contributed by atoms with Gasteiger partial charge in [0, 0.05) is 13.5 Å². The summed E-state index contributed by atoms with van der Waals surface area (Å²) in [6, 6.07) is 3.49. The second-order valence-corrected chi connectivity index (χ2v) is 4.18. The predicted octanol–water partition coefficient (Wildman–Crippen LogP) is 1.00. The molecule has 0 aliphatic heterocycles. The Balaban J connectivity index is 2.24. The van der Waals surface area contributed by atoms with Crippen molar-refractivity contribution in [3.63, 3.8) is 0 Å². The van der Waals surface area contributed by atoms with Crippen LogP contribution in [0.15, 0.2) is 17.5 Å². The Kier molecular flexibility index (Phi) is 5.35. The maximum Gasteiger partial charge on any atom is 0.306 e. The molecule has 1 aromatic heterocycles. The van der Waals surface area contributed by atoms with Crippen LogP contribution in [0.25, 0.3) is 0 Å². The van der Waals surface area contributed by atoms with Crippen molar-refractivity contribution in [2.75, 3.05) is 13.7 Å². The number of hydrogen-bond donors (Lipinski definition) is 1. The topological polar surface area (TPSA) is 72.5 Å². The summed E-state index contributed by atoms with van der Waals surface area (Å²) in [6.07, 6.45) is 0.0980. The summed E-state index contributed by atoms with van der Waals surface area (Å²) < 4.78 is 4.66. The molecule has 0 saturated carbocycles. The number of ketones is 1. The van der Waals surface area contributed by atoms with Gasteiger partial charge < -0.3 is 10.1 Å². The number of nitrogens with one attached hydrogen (secondary N) is 1. The van der Waals surface area contributed by atoms with E-state index < -0.39 is 5.97 Å². The number of likely N-dealkylation sites (N-methyl/N-ethyl adjacent to an activating group) is 1. The van der Waals surface area contributed by atoms with Crippen molar-refractivity contribution < 1.29 is 19.1 Å². The zero-order valence-corrected chi connectivity index (χ0v) is 10.2. The Morgan fingerprint density at radius 3 is 2.71 bits per heavy atom. The molecule has 1 amide bonds. The average molecular weight is 255 g/mol. The van der Waals surface area contributed by atoms with Crippen LogP contribution in [0.3, 0.4) is 0 Å². The molecule has 0 bridgehead atoms. The number of rotatable bonds is 6. The van der Waals surface area contributed by atoms with E-state index in [1.54, 1.807) is 17.5 Å². The van der Waals surface area contributed by atoms with Gasteiger partial charge in [0.1, 0.15) is 0 Å². The number of carbonyl (C=O) groups is 3. The highest BCUT2D eigenvalue weighted by Gasteiger charge is 2.11. The fourth-order valence-electron chi connectivity index (χ4n) is 1.07. The van der Waals surface area contributed by atoms with Gasteiger partial charge in [0.05, 0.1) is 11.3 Å². The van der Waals surface area contributed by atoms with Crippen molar-refractivity contribution in [2.45, 2.75) is 12.8 Å². The molecule has 0 fully saturated rings. The Bertz CT molecular complexity index is 400. The molecular formula is C11H13NO4S. The second-order valence-electron chi connectivity index (χ2n) is 3.23. The lowest BCUT2D eigenvalue weighted by atomic mass is 10.2. The van der Waals surface area contributed by atoms with Crippen molar-refractivity contribution >= 4 is 29.0 Å². The number of Topliss-reactive ketones (excluding diaryl/α,β-unsaturated/α-hetero) is 1. The molecule has 6 heteroatoms. The van der Waals surface area contributed by atoms with Gasteiger partial charge in [-0.1, -0.05) is 6.07 Å². The van der Waals surface area contributed by atoms with Gasteiger partial charge in [0.15, 0.2) is 12.4 Å². The highest BCUT2D eigenvalue weighted by molar-refractivity contribution is 7.12. The van der Waals surface area contributed by atoms with Crippen LogP contribution in [0.5, 0.6) is 0 Å². The number of carbonyl (C=O) groups excluding carboxylic acids is 3. The van der Waals surface area contributed by atoms with Crippen LogP contribution in [0.4, 0.5) is 0 Å².